The number of nitrogens with zero attached hydrogens (tertiary/aromatic N) is 2. The van der Waals surface area contributed by atoms with Gasteiger partial charge in [0.05, 0.1) is 36.7 Å². The van der Waals surface area contributed by atoms with Gasteiger partial charge in [0.2, 0.25) is 15.9 Å². The highest BCUT2D eigenvalue weighted by Gasteiger charge is 2.42. The van der Waals surface area contributed by atoms with Gasteiger partial charge in [0, 0.05) is 26.2 Å². The lowest BCUT2D eigenvalue weighted by molar-refractivity contribution is -0.153. The van der Waals surface area contributed by atoms with Crippen molar-refractivity contribution >= 4 is 15.9 Å². The van der Waals surface area contributed by atoms with Gasteiger partial charge in [0.25, 0.3) is 0 Å². The van der Waals surface area contributed by atoms with Crippen molar-refractivity contribution in [2.75, 3.05) is 45.9 Å². The first-order valence-electron chi connectivity index (χ1n) is 10.3. The Morgan fingerprint density at radius 1 is 0.926 bits per heavy atom. The molecule has 1 aliphatic carbocycles. The van der Waals surface area contributed by atoms with Crippen molar-refractivity contribution in [1.82, 2.24) is 14.5 Å². The van der Waals surface area contributed by atoms with Crippen LogP contribution in [0.4, 0.5) is 0 Å². The van der Waals surface area contributed by atoms with Crippen LogP contribution in [-0.2, 0) is 24.3 Å². The highest BCUT2D eigenvalue weighted by molar-refractivity contribution is 7.89. The van der Waals surface area contributed by atoms with Crippen molar-refractivity contribution < 1.29 is 22.7 Å². The summed E-state index contributed by atoms with van der Waals surface area (Å²) >= 11 is 0. The number of ether oxygens (including phenoxy) is 2. The number of nitrogens with one attached hydrogen (secondary N) is 1. The second-order valence-corrected chi connectivity index (χ2v) is 10.2. The Labute approximate surface area is 161 Å². The zero-order valence-electron chi connectivity index (χ0n) is 15.8. The molecule has 0 aromatic rings. The fourth-order valence-electron chi connectivity index (χ4n) is 4.76. The third kappa shape index (κ3) is 4.17. The van der Waals surface area contributed by atoms with Crippen LogP contribution in [-0.4, -0.2) is 93.0 Å². The fraction of sp³-hybridized carbons (Fsp3) is 0.944. The van der Waals surface area contributed by atoms with Crippen LogP contribution in [0.15, 0.2) is 0 Å². The first-order valence-corrected chi connectivity index (χ1v) is 11.8. The van der Waals surface area contributed by atoms with Crippen LogP contribution in [0, 0.1) is 0 Å². The number of sulfonamides is 1. The molecule has 0 radical (unpaired) electrons. The van der Waals surface area contributed by atoms with E-state index in [9.17, 15) is 13.2 Å². The molecule has 1 N–H and O–H groups in total. The summed E-state index contributed by atoms with van der Waals surface area (Å²) in [5.41, 5.74) is 0. The molecule has 1 saturated carbocycles. The van der Waals surface area contributed by atoms with Crippen LogP contribution in [0.25, 0.3) is 0 Å². The fourth-order valence-corrected chi connectivity index (χ4v) is 6.72. The van der Waals surface area contributed by atoms with Gasteiger partial charge in [0.15, 0.2) is 0 Å². The Morgan fingerprint density at radius 2 is 1.67 bits per heavy atom. The Bertz CT molecular complexity index is 629. The van der Waals surface area contributed by atoms with Crippen LogP contribution in [0.3, 0.4) is 0 Å². The van der Waals surface area contributed by atoms with E-state index in [1.165, 1.54) is 0 Å². The maximum absolute atomic E-state index is 13.1. The zero-order valence-corrected chi connectivity index (χ0v) is 16.7. The van der Waals surface area contributed by atoms with Gasteiger partial charge in [-0.1, -0.05) is 6.42 Å². The smallest absolute Gasteiger partial charge is 0.239 e. The molecule has 1 amide bonds. The van der Waals surface area contributed by atoms with Gasteiger partial charge in [-0.3, -0.25) is 4.79 Å². The van der Waals surface area contributed by atoms with Gasteiger partial charge >= 0.3 is 0 Å². The van der Waals surface area contributed by atoms with Crippen molar-refractivity contribution in [2.24, 2.45) is 0 Å². The van der Waals surface area contributed by atoms with E-state index in [1.807, 2.05) is 4.90 Å². The topological polar surface area (TPSA) is 88.2 Å². The molecule has 4 rings (SSSR count). The van der Waals surface area contributed by atoms with Crippen molar-refractivity contribution in [1.29, 1.82) is 0 Å². The molecule has 3 aliphatic heterocycles. The second-order valence-electron chi connectivity index (χ2n) is 8.03. The monoisotopic (exact) mass is 401 g/mol. The number of carbonyl (C=O) groups is 1. The minimum Gasteiger partial charge on any atom is -0.373 e. The summed E-state index contributed by atoms with van der Waals surface area (Å²) in [4.78, 5) is 14.5. The zero-order chi connectivity index (χ0) is 18.9. The Hall–Kier alpha value is -0.740. The molecule has 4 unspecified atom stereocenters. The Kier molecular flexibility index (Phi) is 6.03. The lowest BCUT2D eigenvalue weighted by atomic mass is 9.93. The Balaban J connectivity index is 1.32. The first kappa shape index (κ1) is 19.6. The highest BCUT2D eigenvalue weighted by Crippen LogP contribution is 2.32. The molecule has 0 aromatic heterocycles. The SMILES string of the molecule is O=C(C1CCCCN1)N1CCN(S(=O)(=O)C2CCC3OCCOC3C2)CC1. The van der Waals surface area contributed by atoms with Crippen LogP contribution in [0.2, 0.25) is 0 Å². The van der Waals surface area contributed by atoms with Crippen molar-refractivity contribution in [3.8, 4) is 0 Å². The van der Waals surface area contributed by atoms with E-state index in [4.69, 9.17) is 9.47 Å². The molecule has 3 heterocycles. The molecular formula is C18H31N3O5S. The number of piperidine rings is 1. The largest absolute Gasteiger partial charge is 0.373 e. The average Bonchev–Trinajstić information content (AvgIpc) is 2.73. The maximum atomic E-state index is 13.1. The van der Waals surface area contributed by atoms with E-state index in [2.05, 4.69) is 5.32 Å². The normalized spacial score (nSPS) is 36.2. The van der Waals surface area contributed by atoms with E-state index in [0.29, 0.717) is 52.2 Å². The van der Waals surface area contributed by atoms with Gasteiger partial charge in [-0.25, -0.2) is 8.42 Å². The van der Waals surface area contributed by atoms with Crippen molar-refractivity contribution in [2.45, 2.75) is 62.0 Å². The molecule has 0 spiro atoms. The maximum Gasteiger partial charge on any atom is 0.239 e. The lowest BCUT2D eigenvalue weighted by Gasteiger charge is -2.41. The molecule has 8 nitrogen and oxygen atoms in total. The number of piperazine rings is 1. The van der Waals surface area contributed by atoms with E-state index in [0.717, 1.165) is 32.2 Å². The minimum atomic E-state index is -3.37. The summed E-state index contributed by atoms with van der Waals surface area (Å²) < 4.78 is 39.2. The summed E-state index contributed by atoms with van der Waals surface area (Å²) in [6, 6.07) is -0.0966. The second kappa shape index (κ2) is 8.32. The third-order valence-electron chi connectivity index (χ3n) is 6.37. The molecule has 9 heteroatoms. The van der Waals surface area contributed by atoms with Gasteiger partial charge in [0.1, 0.15) is 0 Å². The van der Waals surface area contributed by atoms with Gasteiger partial charge in [-0.05, 0) is 38.6 Å². The van der Waals surface area contributed by atoms with Crippen LogP contribution >= 0.6 is 0 Å². The minimum absolute atomic E-state index is 0.0441. The van der Waals surface area contributed by atoms with Gasteiger partial charge in [-0.15, -0.1) is 0 Å². The number of fused-ring (bicyclic) bond motifs is 1. The first-order chi connectivity index (χ1) is 13.1. The van der Waals surface area contributed by atoms with Crippen LogP contribution < -0.4 is 5.32 Å². The molecule has 0 bridgehead atoms. The van der Waals surface area contributed by atoms with Crippen LogP contribution in [0.1, 0.15) is 38.5 Å². The number of hydrogen-bond donors (Lipinski definition) is 1. The van der Waals surface area contributed by atoms with E-state index >= 15 is 0 Å². The Morgan fingerprint density at radius 3 is 2.37 bits per heavy atom. The summed E-state index contributed by atoms with van der Waals surface area (Å²) in [6.07, 6.45) is 4.89. The average molecular weight is 402 g/mol. The summed E-state index contributed by atoms with van der Waals surface area (Å²) in [7, 11) is -3.37. The van der Waals surface area contributed by atoms with E-state index in [-0.39, 0.29) is 24.2 Å². The molecule has 3 saturated heterocycles. The summed E-state index contributed by atoms with van der Waals surface area (Å²) in [5, 5.41) is 2.89. The number of amides is 1. The van der Waals surface area contributed by atoms with E-state index < -0.39 is 15.3 Å². The van der Waals surface area contributed by atoms with Crippen molar-refractivity contribution in [3.05, 3.63) is 0 Å². The van der Waals surface area contributed by atoms with Crippen LogP contribution in [0.5, 0.6) is 0 Å². The molecule has 4 aliphatic rings. The molecule has 4 fully saturated rings. The molecule has 27 heavy (non-hydrogen) atoms. The molecular weight excluding hydrogens is 370 g/mol. The van der Waals surface area contributed by atoms with Gasteiger partial charge in [-0.2, -0.15) is 4.31 Å². The number of hydrogen-bond acceptors (Lipinski definition) is 6. The standard InChI is InChI=1S/C18H31N3O5S/c22-18(15-3-1-2-6-19-15)20-7-9-21(10-8-20)27(23,24)14-4-5-16-17(13-14)26-12-11-25-16/h14-17,19H,1-13H2. The van der Waals surface area contributed by atoms with E-state index in [1.54, 1.807) is 4.31 Å². The number of carbonyl (C=O) groups excluding carboxylic acids is 1. The highest BCUT2D eigenvalue weighted by atomic mass is 32.2. The van der Waals surface area contributed by atoms with Gasteiger partial charge < -0.3 is 19.7 Å². The summed E-state index contributed by atoms with van der Waals surface area (Å²) in [5.74, 6) is 0.125. The lowest BCUT2D eigenvalue weighted by Crippen LogP contribution is -2.57. The quantitative estimate of drug-likeness (QED) is 0.713. The third-order valence-corrected chi connectivity index (χ3v) is 8.73. The summed E-state index contributed by atoms with van der Waals surface area (Å²) in [6.45, 7) is 3.78. The predicted molar refractivity (Wildman–Crippen MR) is 99.8 cm³/mol. The van der Waals surface area contributed by atoms with Crippen molar-refractivity contribution in [3.63, 3.8) is 0 Å². The molecule has 0 aromatic carbocycles. The predicted octanol–water partition coefficient (Wildman–Crippen LogP) is -0.0610. The molecule has 4 atom stereocenters. The number of rotatable bonds is 3. The molecule has 154 valence electrons.